The van der Waals surface area contributed by atoms with E-state index in [1.807, 2.05) is 0 Å². The van der Waals surface area contributed by atoms with Crippen LogP contribution in [-0.2, 0) is 0 Å². The molecule has 0 atom stereocenters. The molecular weight excluding hydrogens is 260 g/mol. The third kappa shape index (κ3) is 4.24. The van der Waals surface area contributed by atoms with Crippen molar-refractivity contribution in [3.05, 3.63) is 58.8 Å². The molecule has 0 saturated carbocycles. The SMILES string of the molecule is Cc1ccc(F)cc1F.Cc1nc(N)c(F)cc1F. The number of anilines is 1. The summed E-state index contributed by atoms with van der Waals surface area (Å²) in [6.07, 6.45) is 0. The lowest BCUT2D eigenvalue weighted by Crippen LogP contribution is -1.98. The molecule has 0 aliphatic rings. The van der Waals surface area contributed by atoms with Crippen molar-refractivity contribution in [3.8, 4) is 0 Å². The number of halogens is 4. The van der Waals surface area contributed by atoms with E-state index in [0.717, 1.165) is 12.1 Å². The second kappa shape index (κ2) is 6.17. The van der Waals surface area contributed by atoms with Crippen molar-refractivity contribution in [2.45, 2.75) is 13.8 Å². The average molecular weight is 272 g/mol. The van der Waals surface area contributed by atoms with E-state index in [4.69, 9.17) is 5.73 Å². The van der Waals surface area contributed by atoms with Crippen LogP contribution in [0.25, 0.3) is 0 Å². The molecule has 1 aromatic heterocycles. The monoisotopic (exact) mass is 272 g/mol. The van der Waals surface area contributed by atoms with Crippen LogP contribution in [0.4, 0.5) is 23.4 Å². The predicted octanol–water partition coefficient (Wildman–Crippen LogP) is 3.52. The van der Waals surface area contributed by atoms with E-state index in [0.29, 0.717) is 5.56 Å². The fraction of sp³-hybridized carbons (Fsp3) is 0.154. The standard InChI is InChI=1S/C7H6F2.C6H6F2N2/c1-5-2-3-6(8)4-7(5)9;1-3-4(7)2-5(8)6(9)10-3/h2-4H,1H3;2H,1H3,(H2,9,10). The van der Waals surface area contributed by atoms with Gasteiger partial charge in [-0.1, -0.05) is 6.07 Å². The molecule has 0 saturated heterocycles. The van der Waals surface area contributed by atoms with Crippen LogP contribution < -0.4 is 5.73 Å². The van der Waals surface area contributed by atoms with Gasteiger partial charge in [0.2, 0.25) is 0 Å². The quantitative estimate of drug-likeness (QED) is 0.745. The first kappa shape index (κ1) is 14.9. The first-order chi connectivity index (χ1) is 8.81. The maximum absolute atomic E-state index is 12.4. The summed E-state index contributed by atoms with van der Waals surface area (Å²) in [4.78, 5) is 3.40. The molecule has 0 amide bonds. The zero-order valence-electron chi connectivity index (χ0n) is 10.3. The molecule has 6 heteroatoms. The molecule has 2 aromatic rings. The Morgan fingerprint density at radius 3 is 2.00 bits per heavy atom. The van der Waals surface area contributed by atoms with Gasteiger partial charge in [-0.25, -0.2) is 22.5 Å². The van der Waals surface area contributed by atoms with Crippen LogP contribution in [0.3, 0.4) is 0 Å². The Bertz CT molecular complexity index is 535. The van der Waals surface area contributed by atoms with Gasteiger partial charge in [0.15, 0.2) is 11.6 Å². The van der Waals surface area contributed by atoms with Gasteiger partial charge in [0, 0.05) is 12.1 Å². The number of aryl methyl sites for hydroxylation is 2. The van der Waals surface area contributed by atoms with Gasteiger partial charge in [-0.3, -0.25) is 0 Å². The number of nitrogen functional groups attached to an aromatic ring is 1. The van der Waals surface area contributed by atoms with Gasteiger partial charge in [-0.2, -0.15) is 0 Å². The molecular formula is C13H12F4N2. The molecule has 19 heavy (non-hydrogen) atoms. The number of hydrogen-bond donors (Lipinski definition) is 1. The number of aromatic nitrogens is 1. The van der Waals surface area contributed by atoms with E-state index in [-0.39, 0.29) is 11.5 Å². The third-order valence-electron chi connectivity index (χ3n) is 2.27. The maximum atomic E-state index is 12.4. The molecule has 0 radical (unpaired) electrons. The highest BCUT2D eigenvalue weighted by molar-refractivity contribution is 5.31. The smallest absolute Gasteiger partial charge is 0.168 e. The Hall–Kier alpha value is -2.11. The first-order valence-electron chi connectivity index (χ1n) is 5.31. The van der Waals surface area contributed by atoms with E-state index in [1.54, 1.807) is 6.92 Å². The molecule has 1 heterocycles. The second-order valence-electron chi connectivity index (χ2n) is 3.82. The summed E-state index contributed by atoms with van der Waals surface area (Å²) in [6, 6.07) is 4.23. The highest BCUT2D eigenvalue weighted by atomic mass is 19.1. The number of pyridine rings is 1. The summed E-state index contributed by atoms with van der Waals surface area (Å²) in [5.74, 6) is -2.78. The van der Waals surface area contributed by atoms with Gasteiger partial charge in [0.05, 0.1) is 5.69 Å². The molecule has 0 aliphatic carbocycles. The molecule has 2 nitrogen and oxygen atoms in total. The highest BCUT2D eigenvalue weighted by Gasteiger charge is 2.04. The minimum absolute atomic E-state index is 0.110. The minimum atomic E-state index is -0.817. The Balaban J connectivity index is 0.000000191. The molecule has 1 aromatic carbocycles. The van der Waals surface area contributed by atoms with Crippen molar-refractivity contribution in [3.63, 3.8) is 0 Å². The van der Waals surface area contributed by atoms with Crippen LogP contribution >= 0.6 is 0 Å². The topological polar surface area (TPSA) is 38.9 Å². The minimum Gasteiger partial charge on any atom is -0.381 e. The van der Waals surface area contributed by atoms with Gasteiger partial charge in [-0.15, -0.1) is 0 Å². The molecule has 2 N–H and O–H groups in total. The van der Waals surface area contributed by atoms with E-state index >= 15 is 0 Å². The number of nitrogens with two attached hydrogens (primary N) is 1. The Morgan fingerprint density at radius 2 is 1.53 bits per heavy atom. The van der Waals surface area contributed by atoms with Gasteiger partial charge < -0.3 is 5.73 Å². The average Bonchev–Trinajstić information content (AvgIpc) is 2.33. The molecule has 102 valence electrons. The van der Waals surface area contributed by atoms with E-state index in [1.165, 1.54) is 19.1 Å². The van der Waals surface area contributed by atoms with Crippen molar-refractivity contribution >= 4 is 5.82 Å². The maximum Gasteiger partial charge on any atom is 0.168 e. The van der Waals surface area contributed by atoms with Crippen LogP contribution in [0.15, 0.2) is 24.3 Å². The summed E-state index contributed by atoms with van der Waals surface area (Å²) >= 11 is 0. The summed E-state index contributed by atoms with van der Waals surface area (Å²) in [5, 5.41) is 0. The van der Waals surface area contributed by atoms with Gasteiger partial charge in [0.1, 0.15) is 17.5 Å². The Kier molecular flexibility index (Phi) is 4.86. The molecule has 0 fully saturated rings. The van der Waals surface area contributed by atoms with E-state index in [2.05, 4.69) is 4.98 Å². The third-order valence-corrected chi connectivity index (χ3v) is 2.27. The van der Waals surface area contributed by atoms with Gasteiger partial charge in [0.25, 0.3) is 0 Å². The van der Waals surface area contributed by atoms with Crippen molar-refractivity contribution in [2.75, 3.05) is 5.73 Å². The van der Waals surface area contributed by atoms with Crippen LogP contribution in [-0.4, -0.2) is 4.98 Å². The molecule has 0 aliphatic heterocycles. The normalized spacial score (nSPS) is 9.79. The van der Waals surface area contributed by atoms with E-state index < -0.39 is 23.3 Å². The van der Waals surface area contributed by atoms with Crippen LogP contribution in [0.1, 0.15) is 11.3 Å². The molecule has 2 rings (SSSR count). The van der Waals surface area contributed by atoms with Crippen LogP contribution in [0.2, 0.25) is 0 Å². The largest absolute Gasteiger partial charge is 0.381 e. The fourth-order valence-corrected chi connectivity index (χ4v) is 1.14. The van der Waals surface area contributed by atoms with Gasteiger partial charge >= 0.3 is 0 Å². The number of benzene rings is 1. The van der Waals surface area contributed by atoms with Gasteiger partial charge in [-0.05, 0) is 25.5 Å². The van der Waals surface area contributed by atoms with Crippen LogP contribution in [0.5, 0.6) is 0 Å². The van der Waals surface area contributed by atoms with Crippen molar-refractivity contribution in [1.29, 1.82) is 0 Å². The summed E-state index contributed by atoms with van der Waals surface area (Å²) < 4.78 is 49.2. The zero-order chi connectivity index (χ0) is 14.6. The predicted molar refractivity (Wildman–Crippen MR) is 64.4 cm³/mol. The van der Waals surface area contributed by atoms with Crippen molar-refractivity contribution in [1.82, 2.24) is 4.98 Å². The zero-order valence-corrected chi connectivity index (χ0v) is 10.3. The fourth-order valence-electron chi connectivity index (χ4n) is 1.14. The van der Waals surface area contributed by atoms with Crippen LogP contribution in [0, 0.1) is 37.1 Å². The summed E-state index contributed by atoms with van der Waals surface area (Å²) in [7, 11) is 0. The lowest BCUT2D eigenvalue weighted by molar-refractivity contribution is 0.569. The van der Waals surface area contributed by atoms with E-state index in [9.17, 15) is 17.6 Å². The van der Waals surface area contributed by atoms with Crippen molar-refractivity contribution in [2.24, 2.45) is 0 Å². The lowest BCUT2D eigenvalue weighted by atomic mass is 10.2. The summed E-state index contributed by atoms with van der Waals surface area (Å²) in [5.41, 5.74) is 5.62. The highest BCUT2D eigenvalue weighted by Crippen LogP contribution is 2.10. The number of hydrogen-bond acceptors (Lipinski definition) is 2. The molecule has 0 bridgehead atoms. The summed E-state index contributed by atoms with van der Waals surface area (Å²) in [6.45, 7) is 3.01. The Morgan fingerprint density at radius 1 is 0.895 bits per heavy atom. The number of rotatable bonds is 0. The Labute approximate surface area is 107 Å². The second-order valence-corrected chi connectivity index (χ2v) is 3.82. The van der Waals surface area contributed by atoms with Crippen molar-refractivity contribution < 1.29 is 17.6 Å². The number of nitrogens with zero attached hydrogens (tertiary/aromatic N) is 1. The lowest BCUT2D eigenvalue weighted by Gasteiger charge is -1.97. The molecule has 0 spiro atoms. The first-order valence-corrected chi connectivity index (χ1v) is 5.31. The molecule has 0 unspecified atom stereocenters.